The molecule has 2 fully saturated rings. The molecule has 10 nitrogen and oxygen atoms in total. The molecule has 2 aliphatic rings. The second-order valence-corrected chi connectivity index (χ2v) is 11.2. The summed E-state index contributed by atoms with van der Waals surface area (Å²) in [7, 11) is 3.97. The predicted octanol–water partition coefficient (Wildman–Crippen LogP) is 7.47. The zero-order chi connectivity index (χ0) is 27.4. The van der Waals surface area contributed by atoms with E-state index in [-0.39, 0.29) is 21.5 Å². The lowest BCUT2D eigenvalue weighted by atomic mass is 9.94. The van der Waals surface area contributed by atoms with Gasteiger partial charge in [-0.3, -0.25) is 20.2 Å². The Kier molecular flexibility index (Phi) is 13.7. The average molecular weight is 665 g/mol. The molecule has 2 heterocycles. The lowest BCUT2D eigenvalue weighted by molar-refractivity contribution is -0.385. The fraction of sp³-hybridized carbons (Fsp3) is 0.583. The van der Waals surface area contributed by atoms with Crippen LogP contribution < -0.4 is 10.2 Å². The van der Waals surface area contributed by atoms with Gasteiger partial charge in [0.1, 0.15) is 0 Å². The third-order valence-electron chi connectivity index (χ3n) is 6.46. The smallest absolute Gasteiger partial charge is 0.312 e. The Morgan fingerprint density at radius 1 is 0.892 bits per heavy atom. The Balaban J connectivity index is 0.000000215. The van der Waals surface area contributed by atoms with Gasteiger partial charge in [-0.05, 0) is 64.6 Å². The number of nitrogens with zero attached hydrogens (tertiary/aromatic N) is 5. The SMILES string of the molecule is CN(c1ncc(Br)cc1[N+](=O)[O-])C1CCCCC1.CNC1CCCCC1.O=[N+]([O-])c1cc(Br)cnc1Cl. The van der Waals surface area contributed by atoms with Crippen molar-refractivity contribution in [1.82, 2.24) is 15.3 Å². The molecule has 0 atom stereocenters. The lowest BCUT2D eigenvalue weighted by Gasteiger charge is -2.31. The topological polar surface area (TPSA) is 127 Å². The number of halogens is 3. The minimum absolute atomic E-state index is 0.0671. The van der Waals surface area contributed by atoms with E-state index in [4.69, 9.17) is 11.6 Å². The number of anilines is 1. The molecule has 0 amide bonds. The van der Waals surface area contributed by atoms with Crippen molar-refractivity contribution in [3.8, 4) is 0 Å². The zero-order valence-corrected chi connectivity index (χ0v) is 25.0. The fourth-order valence-electron chi connectivity index (χ4n) is 4.40. The molecule has 13 heteroatoms. The number of nitrogens with one attached hydrogen (secondary N) is 1. The van der Waals surface area contributed by atoms with Crippen molar-refractivity contribution >= 4 is 60.7 Å². The van der Waals surface area contributed by atoms with E-state index in [0.717, 1.165) is 18.9 Å². The Labute approximate surface area is 239 Å². The molecule has 2 aromatic rings. The van der Waals surface area contributed by atoms with E-state index in [1.54, 1.807) is 6.20 Å². The Morgan fingerprint density at radius 2 is 1.38 bits per heavy atom. The first kappa shape index (κ1) is 31.3. The van der Waals surface area contributed by atoms with Gasteiger partial charge < -0.3 is 10.2 Å². The maximum Gasteiger partial charge on any atom is 0.312 e. The van der Waals surface area contributed by atoms with E-state index < -0.39 is 4.92 Å². The minimum Gasteiger partial charge on any atom is -0.351 e. The Morgan fingerprint density at radius 3 is 1.84 bits per heavy atom. The normalized spacial score (nSPS) is 16.0. The number of hydrogen-bond donors (Lipinski definition) is 1. The van der Waals surface area contributed by atoms with Gasteiger partial charge in [-0.15, -0.1) is 0 Å². The van der Waals surface area contributed by atoms with Crippen LogP contribution in [-0.4, -0.2) is 46.0 Å². The molecule has 37 heavy (non-hydrogen) atoms. The van der Waals surface area contributed by atoms with Gasteiger partial charge in [-0.25, -0.2) is 9.97 Å². The van der Waals surface area contributed by atoms with Crippen molar-refractivity contribution in [3.05, 3.63) is 58.9 Å². The van der Waals surface area contributed by atoms with Crippen LogP contribution in [0.3, 0.4) is 0 Å². The molecule has 0 radical (unpaired) electrons. The molecule has 0 aromatic carbocycles. The van der Waals surface area contributed by atoms with Gasteiger partial charge in [-0.2, -0.15) is 0 Å². The third-order valence-corrected chi connectivity index (χ3v) is 7.62. The first-order valence-corrected chi connectivity index (χ1v) is 14.3. The second kappa shape index (κ2) is 16.2. The van der Waals surface area contributed by atoms with Gasteiger partial charge in [0.15, 0.2) is 0 Å². The van der Waals surface area contributed by atoms with Crippen molar-refractivity contribution in [1.29, 1.82) is 0 Å². The molecular formula is C24H33Br2ClN6O4. The summed E-state index contributed by atoms with van der Waals surface area (Å²) in [6.07, 6.45) is 16.0. The molecule has 4 rings (SSSR count). The highest BCUT2D eigenvalue weighted by molar-refractivity contribution is 9.10. The number of nitro groups is 2. The number of rotatable bonds is 5. The van der Waals surface area contributed by atoms with Crippen LogP contribution in [0.5, 0.6) is 0 Å². The van der Waals surface area contributed by atoms with Gasteiger partial charge in [0.05, 0.1) is 9.85 Å². The quantitative estimate of drug-likeness (QED) is 0.198. The number of hydrogen-bond acceptors (Lipinski definition) is 8. The molecule has 0 bridgehead atoms. The highest BCUT2D eigenvalue weighted by Gasteiger charge is 2.25. The summed E-state index contributed by atoms with van der Waals surface area (Å²) in [5, 5.41) is 24.5. The van der Waals surface area contributed by atoms with E-state index in [1.807, 2.05) is 11.9 Å². The fourth-order valence-corrected chi connectivity index (χ4v) is 5.21. The van der Waals surface area contributed by atoms with Crippen LogP contribution in [0.15, 0.2) is 33.5 Å². The third kappa shape index (κ3) is 10.4. The standard InChI is InChI=1S/C12H16BrN3O2.C7H15N.C5H2BrClN2O2/c1-15(10-5-3-2-4-6-10)12-11(16(17)18)7-9(13)8-14-12;1-8-7-5-3-2-4-6-7;6-3-1-4(9(10)11)5(7)8-2-3/h7-8,10H,2-6H2,1H3;7-8H,2-6H2,1H3;1-2H. The summed E-state index contributed by atoms with van der Waals surface area (Å²) < 4.78 is 1.17. The maximum atomic E-state index is 11.1. The monoisotopic (exact) mass is 662 g/mol. The van der Waals surface area contributed by atoms with Crippen molar-refractivity contribution in [2.45, 2.75) is 76.3 Å². The van der Waals surface area contributed by atoms with Crippen LogP contribution in [0.1, 0.15) is 64.2 Å². The number of aromatic nitrogens is 2. The lowest BCUT2D eigenvalue weighted by Crippen LogP contribution is -2.34. The van der Waals surface area contributed by atoms with Crippen LogP contribution in [0.2, 0.25) is 5.15 Å². The van der Waals surface area contributed by atoms with E-state index in [0.29, 0.717) is 20.8 Å². The zero-order valence-electron chi connectivity index (χ0n) is 21.0. The molecule has 0 unspecified atom stereocenters. The summed E-state index contributed by atoms with van der Waals surface area (Å²) in [6, 6.07) is 4.02. The van der Waals surface area contributed by atoms with Crippen molar-refractivity contribution in [2.75, 3.05) is 19.0 Å². The molecule has 0 saturated heterocycles. The van der Waals surface area contributed by atoms with E-state index in [9.17, 15) is 20.2 Å². The maximum absolute atomic E-state index is 11.1. The molecule has 2 aliphatic carbocycles. The predicted molar refractivity (Wildman–Crippen MR) is 153 cm³/mol. The van der Waals surface area contributed by atoms with Gasteiger partial charge >= 0.3 is 11.4 Å². The van der Waals surface area contributed by atoms with Gasteiger partial charge in [0.25, 0.3) is 0 Å². The highest BCUT2D eigenvalue weighted by Crippen LogP contribution is 2.32. The molecule has 0 spiro atoms. The summed E-state index contributed by atoms with van der Waals surface area (Å²) in [4.78, 5) is 30.1. The number of pyridine rings is 2. The van der Waals surface area contributed by atoms with Gasteiger partial charge in [0, 0.05) is 52.6 Å². The second-order valence-electron chi connectivity index (χ2n) is 9.00. The molecular weight excluding hydrogens is 632 g/mol. The van der Waals surface area contributed by atoms with Crippen LogP contribution in [0.25, 0.3) is 0 Å². The molecule has 2 saturated carbocycles. The summed E-state index contributed by atoms with van der Waals surface area (Å²) in [5.41, 5.74) is -0.126. The first-order chi connectivity index (χ1) is 17.6. The highest BCUT2D eigenvalue weighted by atomic mass is 79.9. The van der Waals surface area contributed by atoms with Crippen molar-refractivity contribution in [2.24, 2.45) is 0 Å². The van der Waals surface area contributed by atoms with E-state index in [1.165, 1.54) is 69.7 Å². The van der Waals surface area contributed by atoms with Gasteiger partial charge in [-0.1, -0.05) is 50.1 Å². The van der Waals surface area contributed by atoms with Crippen LogP contribution in [-0.2, 0) is 0 Å². The Hall–Kier alpha value is -1.89. The van der Waals surface area contributed by atoms with E-state index in [2.05, 4.69) is 54.2 Å². The first-order valence-electron chi connectivity index (χ1n) is 12.3. The van der Waals surface area contributed by atoms with E-state index >= 15 is 0 Å². The van der Waals surface area contributed by atoms with Crippen LogP contribution in [0.4, 0.5) is 17.2 Å². The van der Waals surface area contributed by atoms with Crippen molar-refractivity contribution < 1.29 is 9.85 Å². The summed E-state index contributed by atoms with van der Waals surface area (Å²) >= 11 is 11.7. The average Bonchev–Trinajstić information content (AvgIpc) is 2.91. The molecule has 0 aliphatic heterocycles. The van der Waals surface area contributed by atoms with Crippen LogP contribution in [0, 0.1) is 20.2 Å². The summed E-state index contributed by atoms with van der Waals surface area (Å²) in [5.74, 6) is 0.468. The summed E-state index contributed by atoms with van der Waals surface area (Å²) in [6.45, 7) is 0. The van der Waals surface area contributed by atoms with Crippen molar-refractivity contribution in [3.63, 3.8) is 0 Å². The Bertz CT molecular complexity index is 1040. The van der Waals surface area contributed by atoms with Crippen LogP contribution >= 0.6 is 43.5 Å². The van der Waals surface area contributed by atoms with Gasteiger partial charge in [0.2, 0.25) is 11.0 Å². The molecule has 1 N–H and O–H groups in total. The minimum atomic E-state index is -0.583. The largest absolute Gasteiger partial charge is 0.351 e. The molecule has 2 aromatic heterocycles. The molecule has 204 valence electrons.